The molecule has 1 aliphatic rings. The van der Waals surface area contributed by atoms with E-state index in [1.54, 1.807) is 18.4 Å². The summed E-state index contributed by atoms with van der Waals surface area (Å²) in [5, 5.41) is 4.98. The van der Waals surface area contributed by atoms with E-state index in [9.17, 15) is 4.79 Å². The van der Waals surface area contributed by atoms with Crippen LogP contribution in [0.5, 0.6) is 11.5 Å². The number of anilines is 1. The fourth-order valence-electron chi connectivity index (χ4n) is 4.23. The number of carbonyl (C=O) groups excluding carboxylic acids is 1. The Balaban J connectivity index is 1.41. The highest BCUT2D eigenvalue weighted by Crippen LogP contribution is 2.40. The van der Waals surface area contributed by atoms with E-state index in [2.05, 4.69) is 5.32 Å². The molecule has 0 spiro atoms. The Labute approximate surface area is 213 Å². The smallest absolute Gasteiger partial charge is 0.234 e. The molecule has 5 rings (SSSR count). The molecule has 0 aliphatic heterocycles. The van der Waals surface area contributed by atoms with Crippen LogP contribution >= 0.6 is 23.1 Å². The Bertz CT molecular complexity index is 1330. The molecular weight excluding hydrogens is 478 g/mol. The van der Waals surface area contributed by atoms with Crippen molar-refractivity contribution >= 4 is 44.9 Å². The van der Waals surface area contributed by atoms with Crippen LogP contribution < -0.4 is 14.8 Å². The normalized spacial score (nSPS) is 12.9. The maximum atomic E-state index is 12.8. The van der Waals surface area contributed by atoms with Gasteiger partial charge in [0.15, 0.2) is 5.82 Å². The van der Waals surface area contributed by atoms with Gasteiger partial charge in [0.2, 0.25) is 5.91 Å². The first-order valence-electron chi connectivity index (χ1n) is 11.8. The second-order valence-electron chi connectivity index (χ2n) is 8.27. The van der Waals surface area contributed by atoms with Crippen LogP contribution in [0.15, 0.2) is 53.6 Å². The van der Waals surface area contributed by atoms with Gasteiger partial charge in [-0.25, -0.2) is 9.97 Å². The molecule has 2 aromatic carbocycles. The molecule has 4 aromatic rings. The Morgan fingerprint density at radius 1 is 1.03 bits per heavy atom. The number of methoxy groups -OCH3 is 1. The summed E-state index contributed by atoms with van der Waals surface area (Å²) in [6, 6.07) is 15.2. The van der Waals surface area contributed by atoms with Crippen molar-refractivity contribution in [3.8, 4) is 22.9 Å². The van der Waals surface area contributed by atoms with Crippen molar-refractivity contribution in [3.05, 3.63) is 59.0 Å². The molecule has 0 atom stereocenters. The van der Waals surface area contributed by atoms with Gasteiger partial charge in [0.05, 0.1) is 19.5 Å². The minimum atomic E-state index is -0.0685. The summed E-state index contributed by atoms with van der Waals surface area (Å²) in [5.41, 5.74) is 3.05. The van der Waals surface area contributed by atoms with E-state index in [0.29, 0.717) is 12.4 Å². The SMILES string of the molecule is CCOc1ccc(NC(=O)CSc2nc(-c3ccc(OC)cc3)nc3sc4c(c23)CCCC4)cc1. The Morgan fingerprint density at radius 2 is 1.77 bits per heavy atom. The number of nitrogens with one attached hydrogen (secondary N) is 1. The fourth-order valence-corrected chi connectivity index (χ4v) is 6.41. The molecule has 1 aliphatic carbocycles. The molecule has 0 unspecified atom stereocenters. The van der Waals surface area contributed by atoms with Gasteiger partial charge in [-0.2, -0.15) is 0 Å². The molecule has 0 saturated carbocycles. The van der Waals surface area contributed by atoms with Crippen LogP contribution in [0.2, 0.25) is 0 Å². The Hall–Kier alpha value is -3.10. The second-order valence-corrected chi connectivity index (χ2v) is 10.3. The summed E-state index contributed by atoms with van der Waals surface area (Å²) < 4.78 is 10.8. The standard InChI is InChI=1S/C27H27N3O3S2/c1-3-33-20-14-10-18(11-15-20)28-23(31)16-34-26-24-21-6-4-5-7-22(21)35-27(24)30-25(29-26)17-8-12-19(32-2)13-9-17/h8-15H,3-7,16H2,1-2H3,(H,28,31). The van der Waals surface area contributed by atoms with Crippen LogP contribution in [0.3, 0.4) is 0 Å². The largest absolute Gasteiger partial charge is 0.497 e. The lowest BCUT2D eigenvalue weighted by Gasteiger charge is -2.12. The third-order valence-corrected chi connectivity index (χ3v) is 8.08. The zero-order chi connectivity index (χ0) is 24.2. The summed E-state index contributed by atoms with van der Waals surface area (Å²) >= 11 is 3.25. The first-order valence-corrected chi connectivity index (χ1v) is 13.6. The van der Waals surface area contributed by atoms with Crippen molar-refractivity contribution < 1.29 is 14.3 Å². The predicted molar refractivity (Wildman–Crippen MR) is 143 cm³/mol. The number of thiophene rings is 1. The lowest BCUT2D eigenvalue weighted by Crippen LogP contribution is -2.14. The minimum Gasteiger partial charge on any atom is -0.497 e. The van der Waals surface area contributed by atoms with Crippen LogP contribution in [0.25, 0.3) is 21.6 Å². The van der Waals surface area contributed by atoms with Crippen LogP contribution in [-0.4, -0.2) is 35.3 Å². The van der Waals surface area contributed by atoms with Gasteiger partial charge in [-0.1, -0.05) is 11.8 Å². The van der Waals surface area contributed by atoms with Gasteiger partial charge in [0, 0.05) is 21.5 Å². The lowest BCUT2D eigenvalue weighted by molar-refractivity contribution is -0.113. The van der Waals surface area contributed by atoms with Crippen molar-refractivity contribution in [2.75, 3.05) is 24.8 Å². The molecule has 2 aromatic heterocycles. The van der Waals surface area contributed by atoms with Crippen LogP contribution in [0.4, 0.5) is 5.69 Å². The third-order valence-electron chi connectivity index (χ3n) is 5.92. The van der Waals surface area contributed by atoms with Crippen LogP contribution in [-0.2, 0) is 17.6 Å². The average Bonchev–Trinajstić information content (AvgIpc) is 3.27. The number of ether oxygens (including phenoxy) is 2. The van der Waals surface area contributed by atoms with Gasteiger partial charge in [0.1, 0.15) is 21.4 Å². The number of thioether (sulfide) groups is 1. The molecule has 6 nitrogen and oxygen atoms in total. The molecule has 180 valence electrons. The van der Waals surface area contributed by atoms with Gasteiger partial charge in [-0.05, 0) is 86.7 Å². The summed E-state index contributed by atoms with van der Waals surface area (Å²) in [5.74, 6) is 2.46. The average molecular weight is 506 g/mol. The summed E-state index contributed by atoms with van der Waals surface area (Å²) in [4.78, 5) is 25.0. The van der Waals surface area contributed by atoms with Crippen LogP contribution in [0.1, 0.15) is 30.2 Å². The maximum Gasteiger partial charge on any atom is 0.234 e. The van der Waals surface area contributed by atoms with E-state index >= 15 is 0 Å². The van der Waals surface area contributed by atoms with Gasteiger partial charge in [-0.3, -0.25) is 4.79 Å². The predicted octanol–water partition coefficient (Wildman–Crippen LogP) is 6.38. The van der Waals surface area contributed by atoms with Gasteiger partial charge < -0.3 is 14.8 Å². The van der Waals surface area contributed by atoms with E-state index < -0.39 is 0 Å². The monoisotopic (exact) mass is 505 g/mol. The molecule has 1 amide bonds. The summed E-state index contributed by atoms with van der Waals surface area (Å²) in [6.45, 7) is 2.56. The van der Waals surface area contributed by atoms with Crippen molar-refractivity contribution in [2.24, 2.45) is 0 Å². The van der Waals surface area contributed by atoms with Crippen molar-refractivity contribution in [2.45, 2.75) is 37.6 Å². The number of carbonyl (C=O) groups is 1. The lowest BCUT2D eigenvalue weighted by atomic mass is 9.97. The van der Waals surface area contributed by atoms with Crippen LogP contribution in [0, 0.1) is 0 Å². The molecule has 8 heteroatoms. The molecule has 2 heterocycles. The number of aryl methyl sites for hydroxylation is 2. The van der Waals surface area contributed by atoms with Crippen molar-refractivity contribution in [3.63, 3.8) is 0 Å². The number of fused-ring (bicyclic) bond motifs is 3. The molecule has 0 saturated heterocycles. The highest BCUT2D eigenvalue weighted by Gasteiger charge is 2.22. The number of hydrogen-bond acceptors (Lipinski definition) is 7. The summed E-state index contributed by atoms with van der Waals surface area (Å²) in [7, 11) is 1.65. The highest BCUT2D eigenvalue weighted by molar-refractivity contribution is 8.00. The van der Waals surface area contributed by atoms with E-state index in [1.165, 1.54) is 35.0 Å². The summed E-state index contributed by atoms with van der Waals surface area (Å²) in [6.07, 6.45) is 4.54. The maximum absolute atomic E-state index is 12.8. The van der Waals surface area contributed by atoms with Gasteiger partial charge in [0.25, 0.3) is 0 Å². The topological polar surface area (TPSA) is 73.3 Å². The number of benzene rings is 2. The third kappa shape index (κ3) is 5.28. The number of aromatic nitrogens is 2. The molecule has 1 N–H and O–H groups in total. The fraction of sp³-hybridized carbons (Fsp3) is 0.296. The Morgan fingerprint density at radius 3 is 2.51 bits per heavy atom. The number of hydrogen-bond donors (Lipinski definition) is 1. The highest BCUT2D eigenvalue weighted by atomic mass is 32.2. The van der Waals surface area contributed by atoms with Crippen molar-refractivity contribution in [1.29, 1.82) is 0 Å². The first-order chi connectivity index (χ1) is 17.1. The van der Waals surface area contributed by atoms with Gasteiger partial charge >= 0.3 is 0 Å². The van der Waals surface area contributed by atoms with E-state index in [0.717, 1.165) is 50.8 Å². The number of amides is 1. The molecule has 0 radical (unpaired) electrons. The zero-order valence-electron chi connectivity index (χ0n) is 19.8. The zero-order valence-corrected chi connectivity index (χ0v) is 21.4. The molecule has 0 fully saturated rings. The number of nitrogens with zero attached hydrogens (tertiary/aromatic N) is 2. The first kappa shape index (κ1) is 23.6. The number of rotatable bonds is 8. The van der Waals surface area contributed by atoms with E-state index in [1.807, 2.05) is 55.5 Å². The Kier molecular flexibility index (Phi) is 7.20. The molecular formula is C27H27N3O3S2. The molecule has 35 heavy (non-hydrogen) atoms. The van der Waals surface area contributed by atoms with Gasteiger partial charge in [-0.15, -0.1) is 11.3 Å². The second kappa shape index (κ2) is 10.7. The molecule has 0 bridgehead atoms. The van der Waals surface area contributed by atoms with Crippen molar-refractivity contribution in [1.82, 2.24) is 9.97 Å². The quantitative estimate of drug-likeness (QED) is 0.221. The minimum absolute atomic E-state index is 0.0685. The van der Waals surface area contributed by atoms with E-state index in [4.69, 9.17) is 19.4 Å². The van der Waals surface area contributed by atoms with E-state index in [-0.39, 0.29) is 11.7 Å².